The molecular weight excluding hydrogens is 202 g/mol. The van der Waals surface area contributed by atoms with Crippen LogP contribution in [0.25, 0.3) is 0 Å². The number of carboxylic acids is 1. The Kier molecular flexibility index (Phi) is 4.78. The first-order valence-corrected chi connectivity index (χ1v) is 6.53. The van der Waals surface area contributed by atoms with Gasteiger partial charge in [0.05, 0.1) is 30.5 Å². The normalized spacial score (nSPS) is 20.7. The van der Waals surface area contributed by atoms with Gasteiger partial charge in [-0.25, -0.2) is 0 Å². The molecule has 3 heteroatoms. The zero-order chi connectivity index (χ0) is 12.2. The first kappa shape index (κ1) is 13.5. The van der Waals surface area contributed by atoms with Crippen LogP contribution in [0.5, 0.6) is 0 Å². The first-order valence-electron chi connectivity index (χ1n) is 6.53. The van der Waals surface area contributed by atoms with E-state index in [2.05, 4.69) is 6.92 Å². The molecular formula is C13H25NO2. The molecule has 1 fully saturated rings. The van der Waals surface area contributed by atoms with Gasteiger partial charge >= 0.3 is 0 Å². The highest BCUT2D eigenvalue weighted by Gasteiger charge is 2.30. The van der Waals surface area contributed by atoms with Gasteiger partial charge in [-0.1, -0.05) is 6.42 Å². The number of carbonyl (C=O) groups excluding carboxylic acids is 1. The average molecular weight is 227 g/mol. The lowest BCUT2D eigenvalue weighted by molar-refractivity contribution is -0.930. The van der Waals surface area contributed by atoms with Crippen molar-refractivity contribution in [3.63, 3.8) is 0 Å². The molecule has 94 valence electrons. The Labute approximate surface area is 98.8 Å². The van der Waals surface area contributed by atoms with Crippen LogP contribution in [0.3, 0.4) is 0 Å². The van der Waals surface area contributed by atoms with Gasteiger partial charge < -0.3 is 14.8 Å². The van der Waals surface area contributed by atoms with Gasteiger partial charge in [-0.15, -0.1) is 0 Å². The molecule has 1 aliphatic rings. The number of aliphatic carboxylic acids is 1. The van der Waals surface area contributed by atoms with E-state index in [1.54, 1.807) is 13.8 Å². The van der Waals surface area contributed by atoms with E-state index in [9.17, 15) is 9.90 Å². The third kappa shape index (κ3) is 3.48. The summed E-state index contributed by atoms with van der Waals surface area (Å²) in [6.07, 6.45) is 6.47. The molecule has 1 atom stereocenters. The maximum absolute atomic E-state index is 11.0. The molecule has 0 aliphatic heterocycles. The van der Waals surface area contributed by atoms with Crippen LogP contribution in [0, 0.1) is 5.41 Å². The third-order valence-electron chi connectivity index (χ3n) is 3.86. The smallest absolute Gasteiger partial charge is 0.0877 e. The van der Waals surface area contributed by atoms with E-state index in [4.69, 9.17) is 0 Å². The summed E-state index contributed by atoms with van der Waals surface area (Å²) < 4.78 is 0. The topological polar surface area (TPSA) is 44.6 Å². The standard InChI is InChI=1S/C13H25NO2/c1-4-14(10-13(2,3)12(15)16)11-8-6-5-7-9-11/h11H,4-10H2,1-3H3,(H,15,16). The summed E-state index contributed by atoms with van der Waals surface area (Å²) >= 11 is 0. The lowest BCUT2D eigenvalue weighted by Gasteiger charge is -2.36. The van der Waals surface area contributed by atoms with Gasteiger partial charge in [0.25, 0.3) is 0 Å². The summed E-state index contributed by atoms with van der Waals surface area (Å²) in [6.45, 7) is 7.41. The Morgan fingerprint density at radius 1 is 1.31 bits per heavy atom. The van der Waals surface area contributed by atoms with Crippen LogP contribution in [0.4, 0.5) is 0 Å². The fourth-order valence-electron chi connectivity index (χ4n) is 2.71. The van der Waals surface area contributed by atoms with Crippen molar-refractivity contribution in [2.45, 2.75) is 58.9 Å². The van der Waals surface area contributed by atoms with Crippen LogP contribution in [0.15, 0.2) is 0 Å². The number of hydrogen-bond donors (Lipinski definition) is 1. The van der Waals surface area contributed by atoms with Crippen LogP contribution in [-0.4, -0.2) is 25.1 Å². The minimum Gasteiger partial charge on any atom is -0.549 e. The Morgan fingerprint density at radius 3 is 2.31 bits per heavy atom. The first-order chi connectivity index (χ1) is 7.47. The van der Waals surface area contributed by atoms with Gasteiger partial charge in [0.15, 0.2) is 0 Å². The van der Waals surface area contributed by atoms with Crippen LogP contribution in [0.2, 0.25) is 0 Å². The van der Waals surface area contributed by atoms with Crippen molar-refractivity contribution >= 4 is 5.97 Å². The second kappa shape index (κ2) is 5.67. The zero-order valence-corrected chi connectivity index (χ0v) is 10.8. The fourth-order valence-corrected chi connectivity index (χ4v) is 2.71. The van der Waals surface area contributed by atoms with E-state index < -0.39 is 11.4 Å². The Bertz CT molecular complexity index is 232. The number of quaternary nitrogens is 1. The summed E-state index contributed by atoms with van der Waals surface area (Å²) in [5, 5.41) is 11.0. The maximum Gasteiger partial charge on any atom is 0.0877 e. The Hall–Kier alpha value is -0.570. The Morgan fingerprint density at radius 2 is 1.88 bits per heavy atom. The van der Waals surface area contributed by atoms with Gasteiger partial charge in [0, 0.05) is 0 Å². The average Bonchev–Trinajstić information content (AvgIpc) is 2.27. The minimum atomic E-state index is -0.922. The molecule has 0 aromatic rings. The summed E-state index contributed by atoms with van der Waals surface area (Å²) in [5.41, 5.74) is -0.706. The largest absolute Gasteiger partial charge is 0.549 e. The van der Waals surface area contributed by atoms with E-state index in [0.717, 1.165) is 6.54 Å². The molecule has 16 heavy (non-hydrogen) atoms. The van der Waals surface area contributed by atoms with Gasteiger partial charge in [-0.05, 0) is 46.5 Å². The molecule has 0 spiro atoms. The number of carbonyl (C=O) groups is 1. The van der Waals surface area contributed by atoms with E-state index in [1.807, 2.05) is 0 Å². The van der Waals surface area contributed by atoms with Crippen LogP contribution >= 0.6 is 0 Å². The van der Waals surface area contributed by atoms with E-state index in [1.165, 1.54) is 37.0 Å². The molecule has 0 aromatic heterocycles. The molecule has 1 rings (SSSR count). The van der Waals surface area contributed by atoms with Crippen molar-refractivity contribution in [2.75, 3.05) is 13.1 Å². The molecule has 0 saturated heterocycles. The summed E-state index contributed by atoms with van der Waals surface area (Å²) in [4.78, 5) is 12.5. The van der Waals surface area contributed by atoms with Crippen LogP contribution < -0.4 is 10.0 Å². The van der Waals surface area contributed by atoms with Crippen LogP contribution in [-0.2, 0) is 4.79 Å². The van der Waals surface area contributed by atoms with Crippen molar-refractivity contribution in [3.8, 4) is 0 Å². The molecule has 1 unspecified atom stereocenters. The zero-order valence-electron chi connectivity index (χ0n) is 10.8. The number of rotatable bonds is 5. The van der Waals surface area contributed by atoms with E-state index in [0.29, 0.717) is 12.6 Å². The van der Waals surface area contributed by atoms with Crippen molar-refractivity contribution in [1.29, 1.82) is 0 Å². The molecule has 0 bridgehead atoms. The van der Waals surface area contributed by atoms with Gasteiger partial charge in [-0.2, -0.15) is 0 Å². The Balaban J connectivity index is 2.56. The van der Waals surface area contributed by atoms with E-state index >= 15 is 0 Å². The molecule has 1 N–H and O–H groups in total. The lowest BCUT2D eigenvalue weighted by atomic mass is 9.89. The second-order valence-electron chi connectivity index (χ2n) is 5.69. The lowest BCUT2D eigenvalue weighted by Crippen LogP contribution is -3.17. The predicted octanol–water partition coefficient (Wildman–Crippen LogP) is 0.000000000000000666. The van der Waals surface area contributed by atoms with Gasteiger partial charge in [0.2, 0.25) is 0 Å². The monoisotopic (exact) mass is 227 g/mol. The van der Waals surface area contributed by atoms with Crippen LogP contribution in [0.1, 0.15) is 52.9 Å². The molecule has 0 radical (unpaired) electrons. The molecule has 1 saturated carbocycles. The summed E-state index contributed by atoms with van der Waals surface area (Å²) in [6, 6.07) is 0.664. The highest BCUT2D eigenvalue weighted by Crippen LogP contribution is 2.17. The molecule has 0 aromatic carbocycles. The van der Waals surface area contributed by atoms with Crippen molar-refractivity contribution in [2.24, 2.45) is 5.41 Å². The number of nitrogens with one attached hydrogen (secondary N) is 1. The highest BCUT2D eigenvalue weighted by molar-refractivity contribution is 5.71. The molecule has 0 heterocycles. The van der Waals surface area contributed by atoms with E-state index in [-0.39, 0.29) is 0 Å². The van der Waals surface area contributed by atoms with Crippen molar-refractivity contribution in [3.05, 3.63) is 0 Å². The van der Waals surface area contributed by atoms with Crippen molar-refractivity contribution in [1.82, 2.24) is 0 Å². The fraction of sp³-hybridized carbons (Fsp3) is 0.923. The molecule has 1 aliphatic carbocycles. The number of carboxylic acid groups (broad SMARTS) is 1. The van der Waals surface area contributed by atoms with Gasteiger partial charge in [0.1, 0.15) is 0 Å². The molecule has 0 amide bonds. The minimum absolute atomic E-state index is 0.664. The second-order valence-corrected chi connectivity index (χ2v) is 5.69. The SMILES string of the molecule is CC[NH+](CC(C)(C)C(=O)[O-])C1CCCCC1. The summed E-state index contributed by atoms with van der Waals surface area (Å²) in [5.74, 6) is -0.922. The maximum atomic E-state index is 11.0. The quantitative estimate of drug-likeness (QED) is 0.718. The molecule has 3 nitrogen and oxygen atoms in total. The highest BCUT2D eigenvalue weighted by atomic mass is 16.4. The predicted molar refractivity (Wildman–Crippen MR) is 62.0 cm³/mol. The van der Waals surface area contributed by atoms with Crippen molar-refractivity contribution < 1.29 is 14.8 Å². The number of hydrogen-bond acceptors (Lipinski definition) is 2. The third-order valence-corrected chi connectivity index (χ3v) is 3.86. The summed E-state index contributed by atoms with van der Waals surface area (Å²) in [7, 11) is 0. The van der Waals surface area contributed by atoms with Gasteiger partial charge in [-0.3, -0.25) is 0 Å².